The molecule has 1 atom stereocenters. The second kappa shape index (κ2) is 7.69. The van der Waals surface area contributed by atoms with Gasteiger partial charge in [-0.2, -0.15) is 5.10 Å². The van der Waals surface area contributed by atoms with E-state index in [2.05, 4.69) is 15.7 Å². The van der Waals surface area contributed by atoms with Crippen LogP contribution in [0.15, 0.2) is 59.6 Å². The van der Waals surface area contributed by atoms with Crippen molar-refractivity contribution in [2.75, 3.05) is 10.6 Å². The molecule has 1 aliphatic rings. The van der Waals surface area contributed by atoms with E-state index in [-0.39, 0.29) is 17.1 Å². The molecule has 1 unspecified atom stereocenters. The molecule has 3 aromatic rings. The Bertz CT molecular complexity index is 1050. The fourth-order valence-corrected chi connectivity index (χ4v) is 3.92. The number of rotatable bonds is 4. The fraction of sp³-hybridized carbons (Fsp3) is 0.150. The summed E-state index contributed by atoms with van der Waals surface area (Å²) in [6.45, 7) is 2.36. The third kappa shape index (κ3) is 3.90. The zero-order valence-electron chi connectivity index (χ0n) is 15.0. The molecule has 6 nitrogen and oxygen atoms in total. The Hall–Kier alpha value is -2.77. The Morgan fingerprint density at radius 3 is 2.82 bits per heavy atom. The summed E-state index contributed by atoms with van der Waals surface area (Å²) in [4.78, 5) is 25.5. The molecule has 0 fully saturated rings. The summed E-state index contributed by atoms with van der Waals surface area (Å²) < 4.78 is 1.71. The van der Waals surface area contributed by atoms with Gasteiger partial charge in [0.2, 0.25) is 5.91 Å². The molecule has 1 aromatic heterocycles. The van der Waals surface area contributed by atoms with Crippen LogP contribution in [0.1, 0.15) is 22.8 Å². The van der Waals surface area contributed by atoms with Gasteiger partial charge in [-0.15, -0.1) is 11.8 Å². The number of nitrogens with zero attached hydrogens (tertiary/aromatic N) is 2. The number of hydrogen-bond acceptors (Lipinski definition) is 4. The quantitative estimate of drug-likeness (QED) is 0.671. The van der Waals surface area contributed by atoms with Gasteiger partial charge in [-0.1, -0.05) is 23.7 Å². The van der Waals surface area contributed by atoms with Crippen LogP contribution in [0, 0.1) is 0 Å². The van der Waals surface area contributed by atoms with E-state index < -0.39 is 0 Å². The molecule has 0 aliphatic carbocycles. The van der Waals surface area contributed by atoms with Crippen molar-refractivity contribution in [2.24, 2.45) is 0 Å². The SMILES string of the molecule is CC1Sc2ccc(C(=O)Nc3ccnn3Cc3ccc(Cl)cc3)cc2NC1=O. The minimum atomic E-state index is -0.265. The van der Waals surface area contributed by atoms with E-state index in [1.54, 1.807) is 29.1 Å². The molecule has 8 heteroatoms. The van der Waals surface area contributed by atoms with Crippen LogP contribution >= 0.6 is 23.4 Å². The lowest BCUT2D eigenvalue weighted by Gasteiger charge is -2.21. The van der Waals surface area contributed by atoms with Gasteiger partial charge in [0.1, 0.15) is 5.82 Å². The summed E-state index contributed by atoms with van der Waals surface area (Å²) in [5.74, 6) is 0.263. The molecule has 2 N–H and O–H groups in total. The number of carbonyl (C=O) groups is 2. The van der Waals surface area contributed by atoms with E-state index >= 15 is 0 Å². The molecule has 1 aliphatic heterocycles. The minimum Gasteiger partial charge on any atom is -0.324 e. The van der Waals surface area contributed by atoms with Gasteiger partial charge in [-0.05, 0) is 42.8 Å². The van der Waals surface area contributed by atoms with Crippen molar-refractivity contribution in [2.45, 2.75) is 23.6 Å². The van der Waals surface area contributed by atoms with Gasteiger partial charge in [-0.3, -0.25) is 9.59 Å². The van der Waals surface area contributed by atoms with Gasteiger partial charge in [0.15, 0.2) is 0 Å². The standard InChI is InChI=1S/C20H17ClN4O2S/c1-12-19(26)23-16-10-14(4-7-17(16)28-12)20(27)24-18-8-9-22-25(18)11-13-2-5-15(21)6-3-13/h2-10,12H,11H2,1H3,(H,23,26)(H,24,27). The Kier molecular flexibility index (Phi) is 5.11. The van der Waals surface area contributed by atoms with E-state index in [4.69, 9.17) is 11.6 Å². The summed E-state index contributed by atoms with van der Waals surface area (Å²) in [5.41, 5.74) is 2.15. The Morgan fingerprint density at radius 2 is 2.04 bits per heavy atom. The van der Waals surface area contributed by atoms with Gasteiger partial charge in [0, 0.05) is 21.5 Å². The van der Waals surface area contributed by atoms with E-state index in [1.807, 2.05) is 37.3 Å². The van der Waals surface area contributed by atoms with E-state index in [0.29, 0.717) is 28.6 Å². The highest BCUT2D eigenvalue weighted by atomic mass is 35.5. The molecule has 28 heavy (non-hydrogen) atoms. The molecule has 0 bridgehead atoms. The molecule has 0 saturated carbocycles. The molecular formula is C20H17ClN4O2S. The monoisotopic (exact) mass is 412 g/mol. The Balaban J connectivity index is 1.50. The fourth-order valence-electron chi connectivity index (χ4n) is 2.87. The summed E-state index contributed by atoms with van der Waals surface area (Å²) in [7, 11) is 0. The second-order valence-corrected chi connectivity index (χ2v) is 8.23. The zero-order valence-corrected chi connectivity index (χ0v) is 16.6. The van der Waals surface area contributed by atoms with Crippen LogP contribution in [-0.2, 0) is 11.3 Å². The summed E-state index contributed by atoms with van der Waals surface area (Å²) >= 11 is 7.40. The van der Waals surface area contributed by atoms with Crippen LogP contribution in [-0.4, -0.2) is 26.8 Å². The molecule has 2 heterocycles. The summed E-state index contributed by atoms with van der Waals surface area (Å²) in [6.07, 6.45) is 1.64. The normalized spacial score (nSPS) is 15.6. The molecule has 0 spiro atoms. The maximum atomic E-state index is 12.7. The predicted molar refractivity (Wildman–Crippen MR) is 111 cm³/mol. The van der Waals surface area contributed by atoms with Crippen LogP contribution in [0.4, 0.5) is 11.5 Å². The number of thioether (sulfide) groups is 1. The van der Waals surface area contributed by atoms with Crippen LogP contribution in [0.5, 0.6) is 0 Å². The summed E-state index contributed by atoms with van der Waals surface area (Å²) in [5, 5.41) is 10.5. The van der Waals surface area contributed by atoms with Crippen LogP contribution in [0.2, 0.25) is 5.02 Å². The third-order valence-corrected chi connectivity index (χ3v) is 5.81. The number of anilines is 2. The molecular weight excluding hydrogens is 396 g/mol. The number of hydrogen-bond donors (Lipinski definition) is 2. The van der Waals surface area contributed by atoms with Crippen LogP contribution in [0.25, 0.3) is 0 Å². The third-order valence-electron chi connectivity index (χ3n) is 4.38. The maximum absolute atomic E-state index is 12.7. The highest BCUT2D eigenvalue weighted by molar-refractivity contribution is 8.00. The predicted octanol–water partition coefficient (Wildman–Crippen LogP) is 4.27. The first-order valence-corrected chi connectivity index (χ1v) is 9.94. The topological polar surface area (TPSA) is 76.0 Å². The molecule has 142 valence electrons. The maximum Gasteiger partial charge on any atom is 0.256 e. The smallest absolute Gasteiger partial charge is 0.256 e. The number of nitrogens with one attached hydrogen (secondary N) is 2. The van der Waals surface area contributed by atoms with Gasteiger partial charge in [0.25, 0.3) is 5.91 Å². The number of carbonyl (C=O) groups excluding carboxylic acids is 2. The Labute approximate surface area is 171 Å². The van der Waals surface area contributed by atoms with Crippen molar-refractivity contribution in [1.29, 1.82) is 0 Å². The van der Waals surface area contributed by atoms with Crippen molar-refractivity contribution in [3.8, 4) is 0 Å². The number of halogens is 1. The van der Waals surface area contributed by atoms with E-state index in [1.165, 1.54) is 11.8 Å². The first-order valence-electron chi connectivity index (χ1n) is 8.69. The molecule has 2 aromatic carbocycles. The van der Waals surface area contributed by atoms with Crippen LogP contribution < -0.4 is 10.6 Å². The van der Waals surface area contributed by atoms with Crippen molar-refractivity contribution in [1.82, 2.24) is 9.78 Å². The number of fused-ring (bicyclic) bond motifs is 1. The van der Waals surface area contributed by atoms with Crippen LogP contribution in [0.3, 0.4) is 0 Å². The van der Waals surface area contributed by atoms with Gasteiger partial charge in [-0.25, -0.2) is 4.68 Å². The lowest BCUT2D eigenvalue weighted by molar-refractivity contribution is -0.115. The van der Waals surface area contributed by atoms with Crippen molar-refractivity contribution in [3.05, 3.63) is 70.9 Å². The largest absolute Gasteiger partial charge is 0.324 e. The van der Waals surface area contributed by atoms with Crippen molar-refractivity contribution >= 4 is 46.7 Å². The number of aromatic nitrogens is 2. The van der Waals surface area contributed by atoms with E-state index in [9.17, 15) is 9.59 Å². The highest BCUT2D eigenvalue weighted by Gasteiger charge is 2.24. The Morgan fingerprint density at radius 1 is 1.25 bits per heavy atom. The second-order valence-electron chi connectivity index (χ2n) is 6.41. The van der Waals surface area contributed by atoms with Crippen molar-refractivity contribution < 1.29 is 9.59 Å². The average molecular weight is 413 g/mol. The van der Waals surface area contributed by atoms with E-state index in [0.717, 1.165) is 10.5 Å². The lowest BCUT2D eigenvalue weighted by Crippen LogP contribution is -2.26. The summed E-state index contributed by atoms with van der Waals surface area (Å²) in [6, 6.07) is 14.5. The number of amides is 2. The molecule has 2 amide bonds. The van der Waals surface area contributed by atoms with Gasteiger partial charge < -0.3 is 10.6 Å². The van der Waals surface area contributed by atoms with Crippen molar-refractivity contribution in [3.63, 3.8) is 0 Å². The first kappa shape index (κ1) is 18.6. The lowest BCUT2D eigenvalue weighted by atomic mass is 10.1. The number of benzene rings is 2. The molecule has 0 radical (unpaired) electrons. The zero-order chi connectivity index (χ0) is 19.7. The molecule has 4 rings (SSSR count). The first-order chi connectivity index (χ1) is 13.5. The highest BCUT2D eigenvalue weighted by Crippen LogP contribution is 2.36. The minimum absolute atomic E-state index is 0.0592. The van der Waals surface area contributed by atoms with Gasteiger partial charge in [0.05, 0.1) is 23.7 Å². The average Bonchev–Trinajstić information content (AvgIpc) is 3.10. The molecule has 0 saturated heterocycles. The van der Waals surface area contributed by atoms with Gasteiger partial charge >= 0.3 is 0 Å².